The van der Waals surface area contributed by atoms with Gasteiger partial charge in [0.2, 0.25) is 0 Å². The minimum atomic E-state index is -0.289. The molecule has 2 aromatic rings. The molecule has 0 aliphatic carbocycles. The Balaban J connectivity index is 2.30. The van der Waals surface area contributed by atoms with E-state index in [0.717, 1.165) is 24.0 Å². The highest BCUT2D eigenvalue weighted by Crippen LogP contribution is 2.20. The summed E-state index contributed by atoms with van der Waals surface area (Å²) in [5.41, 5.74) is 0.912. The molecule has 1 heterocycles. The molecule has 0 fully saturated rings. The van der Waals surface area contributed by atoms with E-state index in [1.165, 1.54) is 0 Å². The Kier molecular flexibility index (Phi) is 3.47. The van der Waals surface area contributed by atoms with Gasteiger partial charge in [-0.25, -0.2) is 4.79 Å². The molecule has 0 aliphatic rings. The minimum Gasteiger partial charge on any atom is -0.493 e. The van der Waals surface area contributed by atoms with Crippen molar-refractivity contribution in [3.8, 4) is 5.75 Å². The van der Waals surface area contributed by atoms with E-state index < -0.39 is 0 Å². The average molecular weight is 232 g/mol. The fourth-order valence-corrected chi connectivity index (χ4v) is 1.62. The molecule has 0 unspecified atom stereocenters. The van der Waals surface area contributed by atoms with Crippen LogP contribution in [-0.2, 0) is 0 Å². The minimum absolute atomic E-state index is 0.289. The quantitative estimate of drug-likeness (QED) is 0.600. The molecule has 0 saturated carbocycles. The van der Waals surface area contributed by atoms with E-state index in [4.69, 9.17) is 9.15 Å². The van der Waals surface area contributed by atoms with E-state index in [1.807, 2.05) is 18.2 Å². The van der Waals surface area contributed by atoms with Crippen LogP contribution in [0.5, 0.6) is 5.75 Å². The van der Waals surface area contributed by atoms with Gasteiger partial charge in [0.15, 0.2) is 0 Å². The van der Waals surface area contributed by atoms with Gasteiger partial charge in [-0.2, -0.15) is 0 Å². The first-order valence-corrected chi connectivity index (χ1v) is 5.88. The molecule has 2 rings (SSSR count). The van der Waals surface area contributed by atoms with E-state index in [0.29, 0.717) is 17.8 Å². The van der Waals surface area contributed by atoms with Crippen molar-refractivity contribution < 1.29 is 9.15 Å². The second-order valence-electron chi connectivity index (χ2n) is 4.12. The van der Waals surface area contributed by atoms with Crippen LogP contribution >= 0.6 is 0 Å². The summed E-state index contributed by atoms with van der Waals surface area (Å²) in [6, 6.07) is 7.41. The van der Waals surface area contributed by atoms with Gasteiger partial charge in [-0.3, -0.25) is 0 Å². The molecular weight excluding hydrogens is 216 g/mol. The van der Waals surface area contributed by atoms with Crippen molar-refractivity contribution in [3.63, 3.8) is 0 Å². The lowest BCUT2D eigenvalue weighted by Gasteiger charge is -2.06. The van der Waals surface area contributed by atoms with Crippen LogP contribution < -0.4 is 10.4 Å². The Morgan fingerprint density at radius 3 is 2.88 bits per heavy atom. The number of hydrogen-bond acceptors (Lipinski definition) is 3. The van der Waals surface area contributed by atoms with Gasteiger partial charge in [0, 0.05) is 17.0 Å². The van der Waals surface area contributed by atoms with Crippen molar-refractivity contribution >= 4 is 11.0 Å². The number of fused-ring (bicyclic) bond motifs is 1. The third kappa shape index (κ3) is 2.67. The normalized spacial score (nSPS) is 10.7. The lowest BCUT2D eigenvalue weighted by Crippen LogP contribution is -2.02. The van der Waals surface area contributed by atoms with Crippen molar-refractivity contribution in [3.05, 3.63) is 40.2 Å². The molecular formula is C14H16O3. The van der Waals surface area contributed by atoms with E-state index in [1.54, 1.807) is 13.0 Å². The molecule has 1 aromatic heterocycles. The van der Waals surface area contributed by atoms with Gasteiger partial charge < -0.3 is 9.15 Å². The number of benzene rings is 1. The first kappa shape index (κ1) is 11.7. The van der Waals surface area contributed by atoms with E-state index in [2.05, 4.69) is 6.92 Å². The Labute approximate surface area is 100 Å². The standard InChI is InChI=1S/C14H16O3/c1-3-4-7-16-12-6-5-11-8-10(2)14(15)17-13(11)9-12/h5-6,8-9H,3-4,7H2,1-2H3. The summed E-state index contributed by atoms with van der Waals surface area (Å²) in [6.07, 6.45) is 2.12. The summed E-state index contributed by atoms with van der Waals surface area (Å²) in [5, 5.41) is 0.921. The van der Waals surface area contributed by atoms with Crippen LogP contribution in [0.25, 0.3) is 11.0 Å². The summed E-state index contributed by atoms with van der Waals surface area (Å²) >= 11 is 0. The van der Waals surface area contributed by atoms with Gasteiger partial charge in [0.25, 0.3) is 0 Å². The second kappa shape index (κ2) is 5.04. The number of aryl methyl sites for hydroxylation is 1. The van der Waals surface area contributed by atoms with Gasteiger partial charge in [-0.1, -0.05) is 13.3 Å². The van der Waals surface area contributed by atoms with Gasteiger partial charge in [0.1, 0.15) is 11.3 Å². The van der Waals surface area contributed by atoms with Crippen LogP contribution in [-0.4, -0.2) is 6.61 Å². The Morgan fingerprint density at radius 2 is 2.12 bits per heavy atom. The van der Waals surface area contributed by atoms with E-state index in [-0.39, 0.29) is 5.63 Å². The van der Waals surface area contributed by atoms with Crippen molar-refractivity contribution in [2.24, 2.45) is 0 Å². The Bertz CT molecular complexity index is 569. The predicted molar refractivity (Wildman–Crippen MR) is 67.6 cm³/mol. The molecule has 0 amide bonds. The summed E-state index contributed by atoms with van der Waals surface area (Å²) in [4.78, 5) is 11.4. The second-order valence-corrected chi connectivity index (χ2v) is 4.12. The molecule has 17 heavy (non-hydrogen) atoms. The Morgan fingerprint density at radius 1 is 1.29 bits per heavy atom. The molecule has 0 bridgehead atoms. The zero-order valence-corrected chi connectivity index (χ0v) is 10.2. The molecule has 0 saturated heterocycles. The van der Waals surface area contributed by atoms with Crippen molar-refractivity contribution in [2.45, 2.75) is 26.7 Å². The number of hydrogen-bond donors (Lipinski definition) is 0. The molecule has 0 atom stereocenters. The first-order valence-electron chi connectivity index (χ1n) is 5.88. The topological polar surface area (TPSA) is 39.4 Å². The molecule has 3 nitrogen and oxygen atoms in total. The molecule has 3 heteroatoms. The van der Waals surface area contributed by atoms with Crippen LogP contribution in [0.15, 0.2) is 33.5 Å². The number of rotatable bonds is 4. The molecule has 0 aliphatic heterocycles. The van der Waals surface area contributed by atoms with Crippen LogP contribution in [0.3, 0.4) is 0 Å². The van der Waals surface area contributed by atoms with Crippen LogP contribution in [0, 0.1) is 6.92 Å². The highest BCUT2D eigenvalue weighted by Gasteiger charge is 2.03. The van der Waals surface area contributed by atoms with Crippen LogP contribution in [0.2, 0.25) is 0 Å². The monoisotopic (exact) mass is 232 g/mol. The van der Waals surface area contributed by atoms with Gasteiger partial charge >= 0.3 is 5.63 Å². The fraction of sp³-hybridized carbons (Fsp3) is 0.357. The molecule has 1 aromatic carbocycles. The van der Waals surface area contributed by atoms with Gasteiger partial charge in [-0.15, -0.1) is 0 Å². The van der Waals surface area contributed by atoms with Crippen LogP contribution in [0.1, 0.15) is 25.3 Å². The van der Waals surface area contributed by atoms with Crippen molar-refractivity contribution in [2.75, 3.05) is 6.61 Å². The van der Waals surface area contributed by atoms with Gasteiger partial charge in [-0.05, 0) is 31.5 Å². The number of ether oxygens (including phenoxy) is 1. The van der Waals surface area contributed by atoms with E-state index >= 15 is 0 Å². The Hall–Kier alpha value is -1.77. The largest absolute Gasteiger partial charge is 0.493 e. The third-order valence-electron chi connectivity index (χ3n) is 2.65. The average Bonchev–Trinajstić information content (AvgIpc) is 2.31. The SMILES string of the molecule is CCCCOc1ccc2cc(C)c(=O)oc2c1. The summed E-state index contributed by atoms with van der Waals surface area (Å²) in [5.74, 6) is 0.748. The van der Waals surface area contributed by atoms with Crippen molar-refractivity contribution in [1.29, 1.82) is 0 Å². The smallest absolute Gasteiger partial charge is 0.339 e. The molecule has 0 N–H and O–H groups in total. The maximum Gasteiger partial charge on any atom is 0.339 e. The summed E-state index contributed by atoms with van der Waals surface area (Å²) in [7, 11) is 0. The summed E-state index contributed by atoms with van der Waals surface area (Å²) in [6.45, 7) is 4.56. The highest BCUT2D eigenvalue weighted by atomic mass is 16.5. The molecule has 0 spiro atoms. The zero-order valence-electron chi connectivity index (χ0n) is 10.2. The lowest BCUT2D eigenvalue weighted by molar-refractivity contribution is 0.309. The van der Waals surface area contributed by atoms with Gasteiger partial charge in [0.05, 0.1) is 6.61 Å². The third-order valence-corrected chi connectivity index (χ3v) is 2.65. The molecule has 90 valence electrons. The van der Waals surface area contributed by atoms with Crippen LogP contribution in [0.4, 0.5) is 0 Å². The lowest BCUT2D eigenvalue weighted by atomic mass is 10.2. The highest BCUT2D eigenvalue weighted by molar-refractivity contribution is 5.78. The summed E-state index contributed by atoms with van der Waals surface area (Å²) < 4.78 is 10.8. The zero-order chi connectivity index (χ0) is 12.3. The maximum atomic E-state index is 11.4. The maximum absolute atomic E-state index is 11.4. The van der Waals surface area contributed by atoms with E-state index in [9.17, 15) is 4.79 Å². The first-order chi connectivity index (χ1) is 8.20. The number of unbranched alkanes of at least 4 members (excludes halogenated alkanes) is 1. The predicted octanol–water partition coefficient (Wildman–Crippen LogP) is 3.28. The molecule has 0 radical (unpaired) electrons. The fourth-order valence-electron chi connectivity index (χ4n) is 1.62. The van der Waals surface area contributed by atoms with Crippen molar-refractivity contribution in [1.82, 2.24) is 0 Å².